The molecular formula is C13H20N2O2. The summed E-state index contributed by atoms with van der Waals surface area (Å²) in [5.41, 5.74) is 2.71. The summed E-state index contributed by atoms with van der Waals surface area (Å²) in [6, 6.07) is 0. The van der Waals surface area contributed by atoms with Gasteiger partial charge in [0.25, 0.3) is 0 Å². The highest BCUT2D eigenvalue weighted by Gasteiger charge is 2.35. The molecule has 17 heavy (non-hydrogen) atoms. The number of fused-ring (bicyclic) bond motifs is 1. The normalized spacial score (nSPS) is 20.5. The molecule has 1 heterocycles. The third-order valence-corrected chi connectivity index (χ3v) is 3.29. The van der Waals surface area contributed by atoms with Crippen LogP contribution in [-0.4, -0.2) is 16.1 Å². The van der Waals surface area contributed by atoms with Crippen LogP contribution < -0.4 is 0 Å². The van der Waals surface area contributed by atoms with Crippen LogP contribution >= 0.6 is 0 Å². The van der Waals surface area contributed by atoms with Gasteiger partial charge in [-0.1, -0.05) is 37.5 Å². The molecule has 0 saturated carbocycles. The summed E-state index contributed by atoms with van der Waals surface area (Å²) < 4.78 is 5.41. The Morgan fingerprint density at radius 3 is 2.82 bits per heavy atom. The molecule has 1 aliphatic rings. The van der Waals surface area contributed by atoms with Crippen molar-refractivity contribution in [2.24, 2.45) is 10.6 Å². The Morgan fingerprint density at radius 2 is 2.18 bits per heavy atom. The van der Waals surface area contributed by atoms with E-state index in [-0.39, 0.29) is 5.41 Å². The number of aryl methyl sites for hydroxylation is 1. The van der Waals surface area contributed by atoms with Crippen LogP contribution in [0.3, 0.4) is 0 Å². The van der Waals surface area contributed by atoms with Crippen molar-refractivity contribution in [1.82, 2.24) is 5.16 Å². The molecule has 4 nitrogen and oxygen atoms in total. The van der Waals surface area contributed by atoms with Crippen molar-refractivity contribution in [1.29, 1.82) is 0 Å². The molecule has 0 aliphatic heterocycles. The van der Waals surface area contributed by atoms with Crippen molar-refractivity contribution in [3.8, 4) is 0 Å². The molecule has 94 valence electrons. The first-order valence-electron chi connectivity index (χ1n) is 6.26. The van der Waals surface area contributed by atoms with Gasteiger partial charge in [-0.25, -0.2) is 0 Å². The summed E-state index contributed by atoms with van der Waals surface area (Å²) in [5, 5.41) is 16.7. The van der Waals surface area contributed by atoms with Crippen LogP contribution in [-0.2, 0) is 12.8 Å². The van der Waals surface area contributed by atoms with E-state index in [1.165, 1.54) is 0 Å². The van der Waals surface area contributed by atoms with Crippen LogP contribution in [0.1, 0.15) is 57.1 Å². The van der Waals surface area contributed by atoms with Gasteiger partial charge >= 0.3 is 0 Å². The zero-order chi connectivity index (χ0) is 12.5. The first-order chi connectivity index (χ1) is 8.07. The van der Waals surface area contributed by atoms with E-state index in [0.717, 1.165) is 54.8 Å². The molecule has 0 aromatic carbocycles. The molecule has 0 amide bonds. The molecule has 2 rings (SSSR count). The number of nitrogens with zero attached hydrogens (tertiary/aromatic N) is 2. The molecule has 0 unspecified atom stereocenters. The van der Waals surface area contributed by atoms with Gasteiger partial charge in [-0.3, -0.25) is 0 Å². The van der Waals surface area contributed by atoms with Gasteiger partial charge in [0.1, 0.15) is 5.76 Å². The van der Waals surface area contributed by atoms with Crippen molar-refractivity contribution in [2.75, 3.05) is 0 Å². The molecule has 0 spiro atoms. The molecule has 0 atom stereocenters. The molecule has 0 bridgehead atoms. The summed E-state index contributed by atoms with van der Waals surface area (Å²) >= 11 is 0. The second-order valence-corrected chi connectivity index (χ2v) is 5.60. The third kappa shape index (κ3) is 2.35. The number of hydrogen-bond acceptors (Lipinski definition) is 4. The summed E-state index contributed by atoms with van der Waals surface area (Å²) in [6.07, 6.45) is 4.74. The maximum atomic E-state index is 9.16. The van der Waals surface area contributed by atoms with Crippen molar-refractivity contribution in [3.05, 3.63) is 17.0 Å². The number of unbranched alkanes of at least 4 members (excludes halogenated alkanes) is 1. The van der Waals surface area contributed by atoms with E-state index in [1.54, 1.807) is 0 Å². The summed E-state index contributed by atoms with van der Waals surface area (Å²) in [5.74, 6) is 0.875. The van der Waals surface area contributed by atoms with Crippen molar-refractivity contribution in [2.45, 2.75) is 52.9 Å². The highest BCUT2D eigenvalue weighted by molar-refractivity contribution is 6.03. The summed E-state index contributed by atoms with van der Waals surface area (Å²) in [6.45, 7) is 6.45. The maximum absolute atomic E-state index is 9.16. The Balaban J connectivity index is 2.35. The van der Waals surface area contributed by atoms with Crippen molar-refractivity contribution in [3.63, 3.8) is 0 Å². The SMILES string of the molecule is CCCCc1noc2c1/C(=N\O)CC(C)(C)C2. The smallest absolute Gasteiger partial charge is 0.146 e. The fourth-order valence-electron chi connectivity index (χ4n) is 2.45. The predicted octanol–water partition coefficient (Wildman–Crippen LogP) is 3.17. The number of rotatable bonds is 3. The molecule has 1 N–H and O–H groups in total. The lowest BCUT2D eigenvalue weighted by atomic mass is 9.75. The average Bonchev–Trinajstić information content (AvgIpc) is 2.66. The van der Waals surface area contributed by atoms with Gasteiger partial charge in [0.15, 0.2) is 0 Å². The Kier molecular flexibility index (Phi) is 3.22. The van der Waals surface area contributed by atoms with E-state index in [4.69, 9.17) is 9.73 Å². The van der Waals surface area contributed by atoms with Crippen molar-refractivity contribution >= 4 is 5.71 Å². The molecule has 1 aliphatic carbocycles. The minimum Gasteiger partial charge on any atom is -0.411 e. The monoisotopic (exact) mass is 236 g/mol. The zero-order valence-electron chi connectivity index (χ0n) is 10.8. The molecule has 1 aromatic rings. The standard InChI is InChI=1S/C13H20N2O2/c1-4-5-6-9-12-10(14-16)7-13(2,3)8-11(12)17-15-9/h16H,4-8H2,1-3H3/b14-10-. The lowest BCUT2D eigenvalue weighted by Gasteiger charge is -2.28. The second kappa shape index (κ2) is 4.51. The van der Waals surface area contributed by atoms with Gasteiger partial charge < -0.3 is 9.73 Å². The Hall–Kier alpha value is -1.32. The minimum absolute atomic E-state index is 0.0795. The van der Waals surface area contributed by atoms with Gasteiger partial charge in [-0.05, 0) is 24.7 Å². The Morgan fingerprint density at radius 1 is 1.41 bits per heavy atom. The molecular weight excluding hydrogens is 216 g/mol. The predicted molar refractivity (Wildman–Crippen MR) is 65.5 cm³/mol. The first kappa shape index (κ1) is 12.1. The largest absolute Gasteiger partial charge is 0.411 e. The zero-order valence-corrected chi connectivity index (χ0v) is 10.8. The Labute approximate surface area is 102 Å². The highest BCUT2D eigenvalue weighted by atomic mass is 16.5. The number of oxime groups is 1. The average molecular weight is 236 g/mol. The third-order valence-electron chi connectivity index (χ3n) is 3.29. The van der Waals surface area contributed by atoms with Crippen LogP contribution in [0.2, 0.25) is 0 Å². The second-order valence-electron chi connectivity index (χ2n) is 5.60. The summed E-state index contributed by atoms with van der Waals surface area (Å²) in [4.78, 5) is 0. The van der Waals surface area contributed by atoms with Gasteiger partial charge in [0, 0.05) is 6.42 Å². The van der Waals surface area contributed by atoms with Gasteiger partial charge in [0.2, 0.25) is 0 Å². The van der Waals surface area contributed by atoms with Crippen LogP contribution in [0.15, 0.2) is 9.68 Å². The van der Waals surface area contributed by atoms with E-state index >= 15 is 0 Å². The molecule has 0 saturated heterocycles. The highest BCUT2D eigenvalue weighted by Crippen LogP contribution is 2.36. The molecule has 4 heteroatoms. The quantitative estimate of drug-likeness (QED) is 0.647. The molecule has 0 fully saturated rings. The fraction of sp³-hybridized carbons (Fsp3) is 0.692. The van der Waals surface area contributed by atoms with E-state index in [1.807, 2.05) is 0 Å². The topological polar surface area (TPSA) is 58.6 Å². The van der Waals surface area contributed by atoms with Gasteiger partial charge in [-0.15, -0.1) is 0 Å². The van der Waals surface area contributed by atoms with Gasteiger partial charge in [-0.2, -0.15) is 0 Å². The van der Waals surface area contributed by atoms with Crippen LogP contribution in [0.25, 0.3) is 0 Å². The van der Waals surface area contributed by atoms with Crippen LogP contribution in [0.5, 0.6) is 0 Å². The molecule has 0 radical (unpaired) electrons. The van der Waals surface area contributed by atoms with E-state index in [9.17, 15) is 0 Å². The van der Waals surface area contributed by atoms with E-state index in [2.05, 4.69) is 31.1 Å². The number of hydrogen-bond donors (Lipinski definition) is 1. The summed E-state index contributed by atoms with van der Waals surface area (Å²) in [7, 11) is 0. The fourth-order valence-corrected chi connectivity index (χ4v) is 2.45. The number of aromatic nitrogens is 1. The van der Waals surface area contributed by atoms with Crippen molar-refractivity contribution < 1.29 is 9.73 Å². The minimum atomic E-state index is 0.0795. The van der Waals surface area contributed by atoms with Gasteiger partial charge in [0.05, 0.1) is 17.0 Å². The molecule has 1 aromatic heterocycles. The first-order valence-corrected chi connectivity index (χ1v) is 6.26. The van der Waals surface area contributed by atoms with E-state index in [0.29, 0.717) is 0 Å². The Bertz CT molecular complexity index is 433. The van der Waals surface area contributed by atoms with E-state index < -0.39 is 0 Å². The maximum Gasteiger partial charge on any atom is 0.146 e. The van der Waals surface area contributed by atoms with Crippen LogP contribution in [0.4, 0.5) is 0 Å². The lowest BCUT2D eigenvalue weighted by molar-refractivity contribution is 0.284. The van der Waals surface area contributed by atoms with Crippen LogP contribution in [0, 0.1) is 5.41 Å². The lowest BCUT2D eigenvalue weighted by Crippen LogP contribution is -2.27.